The summed E-state index contributed by atoms with van der Waals surface area (Å²) in [7, 11) is 0. The van der Waals surface area contributed by atoms with Gasteiger partial charge in [-0.2, -0.15) is 0 Å². The molecule has 0 aliphatic heterocycles. The highest BCUT2D eigenvalue weighted by molar-refractivity contribution is 9.10. The lowest BCUT2D eigenvalue weighted by atomic mass is 10.1. The first-order valence-corrected chi connectivity index (χ1v) is 7.42. The number of hydrogen-bond acceptors (Lipinski definition) is 2. The molecule has 2 nitrogen and oxygen atoms in total. The van der Waals surface area contributed by atoms with Crippen LogP contribution in [0.25, 0.3) is 0 Å². The maximum Gasteiger partial charge on any atom is 0.120 e. The van der Waals surface area contributed by atoms with Gasteiger partial charge in [-0.05, 0) is 50.6 Å². The van der Waals surface area contributed by atoms with Gasteiger partial charge in [-0.15, -0.1) is 0 Å². The van der Waals surface area contributed by atoms with Gasteiger partial charge in [0, 0.05) is 15.5 Å². The fraction of sp³-hybridized carbons (Fsp3) is 0.333. The molecule has 0 bridgehead atoms. The Bertz CT molecular complexity index is 567. The largest absolute Gasteiger partial charge is 0.465 e. The number of nitrogens with one attached hydrogen (secondary N) is 1. The average molecular weight is 343 g/mol. The van der Waals surface area contributed by atoms with E-state index in [9.17, 15) is 0 Å². The Morgan fingerprint density at radius 1 is 1.16 bits per heavy atom. The highest BCUT2D eigenvalue weighted by Crippen LogP contribution is 2.28. The van der Waals surface area contributed by atoms with Crippen molar-refractivity contribution < 1.29 is 4.42 Å². The van der Waals surface area contributed by atoms with Gasteiger partial charge in [0.15, 0.2) is 0 Å². The molecule has 0 spiro atoms. The van der Waals surface area contributed by atoms with Crippen molar-refractivity contribution in [3.8, 4) is 0 Å². The van der Waals surface area contributed by atoms with E-state index >= 15 is 0 Å². The minimum absolute atomic E-state index is 0.142. The van der Waals surface area contributed by atoms with Crippen molar-refractivity contribution in [1.29, 1.82) is 0 Å². The molecule has 2 atom stereocenters. The molecule has 2 rings (SSSR count). The highest BCUT2D eigenvalue weighted by Gasteiger charge is 2.15. The van der Waals surface area contributed by atoms with Crippen LogP contribution in [-0.2, 0) is 0 Å². The smallest absolute Gasteiger partial charge is 0.120 e. The fourth-order valence-corrected chi connectivity index (χ4v) is 2.92. The summed E-state index contributed by atoms with van der Waals surface area (Å²) in [4.78, 5) is 0. The number of furan rings is 1. The Kier molecular flexibility index (Phi) is 4.71. The summed E-state index contributed by atoms with van der Waals surface area (Å²) in [5.41, 5.74) is 1.08. The van der Waals surface area contributed by atoms with Gasteiger partial charge in [0.1, 0.15) is 11.5 Å². The van der Waals surface area contributed by atoms with E-state index in [4.69, 9.17) is 16.0 Å². The first-order valence-electron chi connectivity index (χ1n) is 6.24. The van der Waals surface area contributed by atoms with Gasteiger partial charge >= 0.3 is 0 Å². The van der Waals surface area contributed by atoms with Crippen LogP contribution in [0.1, 0.15) is 43.0 Å². The Labute approximate surface area is 127 Å². The van der Waals surface area contributed by atoms with Crippen LogP contribution in [0.2, 0.25) is 5.02 Å². The molecule has 2 unspecified atom stereocenters. The summed E-state index contributed by atoms with van der Waals surface area (Å²) in [6.45, 7) is 6.13. The van der Waals surface area contributed by atoms with Gasteiger partial charge < -0.3 is 9.73 Å². The van der Waals surface area contributed by atoms with E-state index in [0.717, 1.165) is 26.6 Å². The molecule has 19 heavy (non-hydrogen) atoms. The second kappa shape index (κ2) is 6.12. The van der Waals surface area contributed by atoms with Gasteiger partial charge in [-0.1, -0.05) is 33.6 Å². The number of hydrogen-bond donors (Lipinski definition) is 1. The van der Waals surface area contributed by atoms with Gasteiger partial charge in [0.25, 0.3) is 0 Å². The van der Waals surface area contributed by atoms with Crippen LogP contribution in [0.3, 0.4) is 0 Å². The number of aryl methyl sites for hydroxylation is 1. The topological polar surface area (TPSA) is 25.2 Å². The van der Waals surface area contributed by atoms with Crippen LogP contribution in [0, 0.1) is 6.92 Å². The van der Waals surface area contributed by atoms with Crippen molar-refractivity contribution in [3.63, 3.8) is 0 Å². The van der Waals surface area contributed by atoms with Crippen LogP contribution in [0.4, 0.5) is 0 Å². The van der Waals surface area contributed by atoms with Crippen molar-refractivity contribution in [1.82, 2.24) is 5.32 Å². The molecule has 1 aromatic heterocycles. The zero-order valence-corrected chi connectivity index (χ0v) is 13.5. The third-order valence-electron chi connectivity index (χ3n) is 3.12. The second-order valence-electron chi connectivity index (χ2n) is 4.72. The molecule has 0 saturated heterocycles. The Hall–Kier alpha value is -0.770. The second-order valence-corrected chi connectivity index (χ2v) is 6.05. The zero-order valence-electron chi connectivity index (χ0n) is 11.2. The molecule has 0 radical (unpaired) electrons. The Morgan fingerprint density at radius 3 is 2.47 bits per heavy atom. The van der Waals surface area contributed by atoms with E-state index < -0.39 is 0 Å². The monoisotopic (exact) mass is 341 g/mol. The van der Waals surface area contributed by atoms with Crippen molar-refractivity contribution in [2.75, 3.05) is 0 Å². The van der Waals surface area contributed by atoms with Gasteiger partial charge in [-0.3, -0.25) is 0 Å². The Balaban J connectivity index is 2.10. The quantitative estimate of drug-likeness (QED) is 0.803. The number of halogens is 2. The van der Waals surface area contributed by atoms with E-state index in [-0.39, 0.29) is 12.1 Å². The molecule has 1 heterocycles. The summed E-state index contributed by atoms with van der Waals surface area (Å²) in [5, 5.41) is 4.25. The number of rotatable bonds is 4. The van der Waals surface area contributed by atoms with Gasteiger partial charge in [-0.25, -0.2) is 0 Å². The molecular weight excluding hydrogens is 326 g/mol. The van der Waals surface area contributed by atoms with Crippen LogP contribution in [0.15, 0.2) is 39.2 Å². The lowest BCUT2D eigenvalue weighted by molar-refractivity contribution is 0.392. The average Bonchev–Trinajstić information content (AvgIpc) is 2.75. The van der Waals surface area contributed by atoms with Crippen molar-refractivity contribution in [2.45, 2.75) is 32.9 Å². The summed E-state index contributed by atoms with van der Waals surface area (Å²) in [5.74, 6) is 1.87. The SMILES string of the molecule is Cc1ccc(C(C)NC(C)c2ccc(Br)cc2Cl)o1. The molecule has 0 fully saturated rings. The predicted octanol–water partition coefficient (Wildman–Crippen LogP) is 5.42. The molecule has 4 heteroatoms. The summed E-state index contributed by atoms with van der Waals surface area (Å²) in [6, 6.07) is 10.2. The Morgan fingerprint density at radius 2 is 1.89 bits per heavy atom. The first kappa shape index (κ1) is 14.6. The third kappa shape index (κ3) is 3.62. The molecule has 1 aromatic carbocycles. The lowest BCUT2D eigenvalue weighted by Crippen LogP contribution is -2.22. The maximum absolute atomic E-state index is 6.26. The standard InChI is InChI=1S/C15H17BrClNO/c1-9-4-7-15(19-9)11(3)18-10(2)13-6-5-12(16)8-14(13)17/h4-8,10-11,18H,1-3H3. The first-order chi connectivity index (χ1) is 8.97. The molecule has 0 aliphatic rings. The van der Waals surface area contributed by atoms with Crippen LogP contribution in [-0.4, -0.2) is 0 Å². The molecule has 2 aromatic rings. The molecular formula is C15H17BrClNO. The van der Waals surface area contributed by atoms with Crippen LogP contribution in [0.5, 0.6) is 0 Å². The van der Waals surface area contributed by atoms with Gasteiger partial charge in [0.2, 0.25) is 0 Å². The van der Waals surface area contributed by atoms with E-state index in [1.165, 1.54) is 0 Å². The maximum atomic E-state index is 6.26. The van der Waals surface area contributed by atoms with E-state index in [1.54, 1.807) is 0 Å². The summed E-state index contributed by atoms with van der Waals surface area (Å²) >= 11 is 9.68. The van der Waals surface area contributed by atoms with Gasteiger partial charge in [0.05, 0.1) is 6.04 Å². The fourth-order valence-electron chi connectivity index (χ4n) is 2.09. The van der Waals surface area contributed by atoms with Crippen molar-refractivity contribution in [3.05, 3.63) is 56.9 Å². The molecule has 0 amide bonds. The molecule has 1 N–H and O–H groups in total. The number of benzene rings is 1. The summed E-state index contributed by atoms with van der Waals surface area (Å²) in [6.07, 6.45) is 0. The predicted molar refractivity (Wildman–Crippen MR) is 82.6 cm³/mol. The highest BCUT2D eigenvalue weighted by atomic mass is 79.9. The van der Waals surface area contributed by atoms with E-state index in [2.05, 4.69) is 35.1 Å². The zero-order chi connectivity index (χ0) is 14.0. The van der Waals surface area contributed by atoms with E-state index in [1.807, 2.05) is 37.3 Å². The minimum Gasteiger partial charge on any atom is -0.465 e. The molecule has 0 saturated carbocycles. The molecule has 0 aliphatic carbocycles. The van der Waals surface area contributed by atoms with Crippen molar-refractivity contribution in [2.24, 2.45) is 0 Å². The van der Waals surface area contributed by atoms with Crippen LogP contribution < -0.4 is 5.32 Å². The minimum atomic E-state index is 0.142. The van der Waals surface area contributed by atoms with Crippen LogP contribution >= 0.6 is 27.5 Å². The summed E-state index contributed by atoms with van der Waals surface area (Å²) < 4.78 is 6.62. The van der Waals surface area contributed by atoms with Crippen molar-refractivity contribution >= 4 is 27.5 Å². The molecule has 102 valence electrons. The third-order valence-corrected chi connectivity index (χ3v) is 3.94. The van der Waals surface area contributed by atoms with E-state index in [0.29, 0.717) is 0 Å². The lowest BCUT2D eigenvalue weighted by Gasteiger charge is -2.20. The normalized spacial score (nSPS) is 14.4.